The minimum atomic E-state index is 0.820. The van der Waals surface area contributed by atoms with Crippen molar-refractivity contribution in [2.75, 3.05) is 6.54 Å². The molecule has 0 saturated heterocycles. The average molecular weight is 279 g/mol. The van der Waals surface area contributed by atoms with E-state index in [2.05, 4.69) is 59.4 Å². The highest BCUT2D eigenvalue weighted by Gasteiger charge is 2.03. The van der Waals surface area contributed by atoms with E-state index in [9.17, 15) is 0 Å². The van der Waals surface area contributed by atoms with Crippen LogP contribution in [0, 0.1) is 0 Å². The van der Waals surface area contributed by atoms with Crippen molar-refractivity contribution in [3.63, 3.8) is 0 Å². The van der Waals surface area contributed by atoms with E-state index < -0.39 is 0 Å². The molecule has 21 heavy (non-hydrogen) atoms. The van der Waals surface area contributed by atoms with Gasteiger partial charge in [0.1, 0.15) is 0 Å². The highest BCUT2D eigenvalue weighted by molar-refractivity contribution is 5.78. The Bertz CT molecular complexity index is 715. The molecule has 0 aliphatic carbocycles. The number of rotatable bonds is 6. The third-order valence-corrected chi connectivity index (χ3v) is 3.64. The van der Waals surface area contributed by atoms with Crippen LogP contribution in [-0.4, -0.2) is 16.1 Å². The number of para-hydroxylation sites is 1. The van der Waals surface area contributed by atoms with Crippen molar-refractivity contribution in [2.24, 2.45) is 0 Å². The molecule has 1 N–H and O–H groups in total. The first-order valence-electron chi connectivity index (χ1n) is 7.56. The standard InChI is InChI=1S/C18H21N3/c1-2-11-19-13-17-7-5-12-21(17)14-16-10-9-15-6-3-4-8-18(15)20-16/h3-10,12,19H,2,11,13-14H2,1H3. The lowest BCUT2D eigenvalue weighted by atomic mass is 10.2. The average Bonchev–Trinajstić information content (AvgIpc) is 2.95. The van der Waals surface area contributed by atoms with Crippen LogP contribution in [0.4, 0.5) is 0 Å². The van der Waals surface area contributed by atoms with E-state index >= 15 is 0 Å². The second kappa shape index (κ2) is 6.55. The van der Waals surface area contributed by atoms with Crippen LogP contribution >= 0.6 is 0 Å². The Morgan fingerprint density at radius 3 is 2.86 bits per heavy atom. The lowest BCUT2D eigenvalue weighted by Gasteiger charge is -2.10. The Labute approximate surface area is 125 Å². The molecule has 3 heteroatoms. The maximum atomic E-state index is 4.75. The summed E-state index contributed by atoms with van der Waals surface area (Å²) in [6.07, 6.45) is 3.28. The van der Waals surface area contributed by atoms with Gasteiger partial charge in [-0.05, 0) is 37.2 Å². The Kier molecular flexibility index (Phi) is 4.31. The third-order valence-electron chi connectivity index (χ3n) is 3.64. The number of hydrogen-bond donors (Lipinski definition) is 1. The summed E-state index contributed by atoms with van der Waals surface area (Å²) in [6, 6.07) is 16.8. The summed E-state index contributed by atoms with van der Waals surface area (Å²) in [4.78, 5) is 4.75. The van der Waals surface area contributed by atoms with Gasteiger partial charge < -0.3 is 9.88 Å². The SMILES string of the molecule is CCCNCc1cccn1Cc1ccc2ccccc2n1. The predicted octanol–water partition coefficient (Wildman–Crippen LogP) is 3.58. The molecular formula is C18H21N3. The minimum Gasteiger partial charge on any atom is -0.344 e. The molecule has 0 atom stereocenters. The first-order chi connectivity index (χ1) is 10.4. The van der Waals surface area contributed by atoms with E-state index in [1.807, 2.05) is 12.1 Å². The van der Waals surface area contributed by atoms with Crippen molar-refractivity contribution in [3.05, 3.63) is 66.1 Å². The van der Waals surface area contributed by atoms with Gasteiger partial charge in [-0.2, -0.15) is 0 Å². The molecule has 3 rings (SSSR count). The lowest BCUT2D eigenvalue weighted by molar-refractivity contribution is 0.627. The second-order valence-corrected chi connectivity index (χ2v) is 5.30. The Morgan fingerprint density at radius 2 is 1.95 bits per heavy atom. The molecule has 0 aliphatic rings. The van der Waals surface area contributed by atoms with E-state index in [0.717, 1.165) is 37.3 Å². The van der Waals surface area contributed by atoms with Crippen LogP contribution in [0.1, 0.15) is 24.7 Å². The summed E-state index contributed by atoms with van der Waals surface area (Å²) < 4.78 is 2.26. The molecule has 2 aromatic heterocycles. The van der Waals surface area contributed by atoms with Crippen LogP contribution in [0.5, 0.6) is 0 Å². The molecule has 3 nitrogen and oxygen atoms in total. The smallest absolute Gasteiger partial charge is 0.0706 e. The number of pyridine rings is 1. The highest BCUT2D eigenvalue weighted by atomic mass is 15.0. The van der Waals surface area contributed by atoms with Gasteiger partial charge in [-0.15, -0.1) is 0 Å². The number of fused-ring (bicyclic) bond motifs is 1. The largest absolute Gasteiger partial charge is 0.344 e. The van der Waals surface area contributed by atoms with E-state index in [0.29, 0.717) is 0 Å². The van der Waals surface area contributed by atoms with E-state index in [1.54, 1.807) is 0 Å². The number of aromatic nitrogens is 2. The van der Waals surface area contributed by atoms with Crippen molar-refractivity contribution in [2.45, 2.75) is 26.4 Å². The third kappa shape index (κ3) is 3.31. The molecule has 1 aromatic carbocycles. The number of nitrogens with zero attached hydrogens (tertiary/aromatic N) is 2. The van der Waals surface area contributed by atoms with Gasteiger partial charge in [0.15, 0.2) is 0 Å². The Balaban J connectivity index is 1.77. The lowest BCUT2D eigenvalue weighted by Crippen LogP contribution is -2.17. The fourth-order valence-electron chi connectivity index (χ4n) is 2.53. The molecule has 0 aliphatic heterocycles. The second-order valence-electron chi connectivity index (χ2n) is 5.30. The molecule has 0 bridgehead atoms. The summed E-state index contributed by atoms with van der Waals surface area (Å²) in [6.45, 7) is 4.97. The van der Waals surface area contributed by atoms with E-state index in [-0.39, 0.29) is 0 Å². The molecule has 0 saturated carbocycles. The number of nitrogens with one attached hydrogen (secondary N) is 1. The van der Waals surface area contributed by atoms with Crippen LogP contribution in [0.3, 0.4) is 0 Å². The van der Waals surface area contributed by atoms with E-state index in [4.69, 9.17) is 4.98 Å². The zero-order valence-corrected chi connectivity index (χ0v) is 12.4. The zero-order chi connectivity index (χ0) is 14.5. The summed E-state index contributed by atoms with van der Waals surface area (Å²) >= 11 is 0. The molecule has 2 heterocycles. The first kappa shape index (κ1) is 13.8. The quantitative estimate of drug-likeness (QED) is 0.699. The van der Waals surface area contributed by atoms with E-state index in [1.165, 1.54) is 11.1 Å². The molecule has 0 radical (unpaired) electrons. The van der Waals surface area contributed by atoms with Crippen LogP contribution in [-0.2, 0) is 13.1 Å². The van der Waals surface area contributed by atoms with Gasteiger partial charge in [0.2, 0.25) is 0 Å². The number of hydrogen-bond acceptors (Lipinski definition) is 2. The van der Waals surface area contributed by atoms with Gasteiger partial charge >= 0.3 is 0 Å². The van der Waals surface area contributed by atoms with Crippen molar-refractivity contribution < 1.29 is 0 Å². The van der Waals surface area contributed by atoms with Crippen LogP contribution in [0.25, 0.3) is 10.9 Å². The summed E-state index contributed by atoms with van der Waals surface area (Å²) in [5.74, 6) is 0. The highest BCUT2D eigenvalue weighted by Crippen LogP contribution is 2.13. The molecular weight excluding hydrogens is 258 g/mol. The van der Waals surface area contributed by atoms with Crippen LogP contribution in [0.2, 0.25) is 0 Å². The van der Waals surface area contributed by atoms with Gasteiger partial charge in [-0.25, -0.2) is 0 Å². The fraction of sp³-hybridized carbons (Fsp3) is 0.278. The van der Waals surface area contributed by atoms with Gasteiger partial charge in [0, 0.05) is 23.8 Å². The van der Waals surface area contributed by atoms with Crippen molar-refractivity contribution in [1.29, 1.82) is 0 Å². The zero-order valence-electron chi connectivity index (χ0n) is 12.4. The Morgan fingerprint density at radius 1 is 1.05 bits per heavy atom. The normalized spacial score (nSPS) is 11.1. The monoisotopic (exact) mass is 279 g/mol. The minimum absolute atomic E-state index is 0.820. The predicted molar refractivity (Wildman–Crippen MR) is 87.3 cm³/mol. The summed E-state index contributed by atoms with van der Waals surface area (Å²) in [5.41, 5.74) is 3.47. The maximum Gasteiger partial charge on any atom is 0.0706 e. The van der Waals surface area contributed by atoms with Crippen molar-refractivity contribution >= 4 is 10.9 Å². The molecule has 0 spiro atoms. The van der Waals surface area contributed by atoms with Crippen molar-refractivity contribution in [3.8, 4) is 0 Å². The Hall–Kier alpha value is -2.13. The van der Waals surface area contributed by atoms with Gasteiger partial charge in [-0.3, -0.25) is 4.98 Å². The molecule has 3 aromatic rings. The molecule has 0 amide bonds. The van der Waals surface area contributed by atoms with Crippen LogP contribution < -0.4 is 5.32 Å². The van der Waals surface area contributed by atoms with Crippen molar-refractivity contribution in [1.82, 2.24) is 14.9 Å². The topological polar surface area (TPSA) is 29.9 Å². The van der Waals surface area contributed by atoms with Gasteiger partial charge in [0.25, 0.3) is 0 Å². The fourth-order valence-corrected chi connectivity index (χ4v) is 2.53. The molecule has 0 fully saturated rings. The summed E-state index contributed by atoms with van der Waals surface area (Å²) in [7, 11) is 0. The molecule has 0 unspecified atom stereocenters. The van der Waals surface area contributed by atoms with Gasteiger partial charge in [-0.1, -0.05) is 31.2 Å². The van der Waals surface area contributed by atoms with Crippen LogP contribution in [0.15, 0.2) is 54.7 Å². The first-order valence-corrected chi connectivity index (χ1v) is 7.56. The number of benzene rings is 1. The maximum absolute atomic E-state index is 4.75. The summed E-state index contributed by atoms with van der Waals surface area (Å²) in [5, 5.41) is 4.65. The molecule has 108 valence electrons. The van der Waals surface area contributed by atoms with Gasteiger partial charge in [0.05, 0.1) is 17.8 Å².